The van der Waals surface area contributed by atoms with Crippen LogP contribution in [-0.2, 0) is 10.0 Å². The van der Waals surface area contributed by atoms with E-state index in [2.05, 4.69) is 25.6 Å². The quantitative estimate of drug-likeness (QED) is 0.765. The number of aromatic nitrogens is 3. The van der Waals surface area contributed by atoms with Gasteiger partial charge in [-0.1, -0.05) is 11.3 Å². The minimum absolute atomic E-state index is 0.0886. The van der Waals surface area contributed by atoms with Crippen molar-refractivity contribution in [2.75, 3.05) is 37.0 Å². The second-order valence-corrected chi connectivity index (χ2v) is 9.23. The maximum atomic E-state index is 14.4. The molecule has 0 radical (unpaired) electrons. The number of thiazole rings is 1. The number of nitrogens with zero attached hydrogens (tertiary/aromatic N) is 4. The molecule has 2 aromatic heterocycles. The Morgan fingerprint density at radius 2 is 2.11 bits per heavy atom. The van der Waals surface area contributed by atoms with Crippen molar-refractivity contribution in [3.05, 3.63) is 17.7 Å². The first-order valence-electron chi connectivity index (χ1n) is 8.23. The van der Waals surface area contributed by atoms with Crippen LogP contribution in [0.25, 0.3) is 10.6 Å². The number of sulfonamides is 1. The molecule has 1 aliphatic rings. The summed E-state index contributed by atoms with van der Waals surface area (Å²) in [6.45, 7) is 1.72. The lowest BCUT2D eigenvalue weighted by molar-refractivity contribution is 0.186. The van der Waals surface area contributed by atoms with E-state index >= 15 is 0 Å². The first-order valence-corrected chi connectivity index (χ1v) is 10.9. The van der Waals surface area contributed by atoms with E-state index < -0.39 is 28.1 Å². The number of rotatable bonds is 5. The van der Waals surface area contributed by atoms with E-state index in [-0.39, 0.29) is 31.2 Å². The number of alkyl halides is 1. The van der Waals surface area contributed by atoms with E-state index in [4.69, 9.17) is 0 Å². The van der Waals surface area contributed by atoms with Gasteiger partial charge in [0.15, 0.2) is 10.9 Å². The van der Waals surface area contributed by atoms with Gasteiger partial charge in [-0.25, -0.2) is 32.2 Å². The van der Waals surface area contributed by atoms with Crippen molar-refractivity contribution in [2.24, 2.45) is 0 Å². The number of nitrogens with one attached hydrogen (secondary N) is 2. The van der Waals surface area contributed by atoms with Gasteiger partial charge >= 0.3 is 0 Å². The molecule has 0 amide bonds. The molecule has 8 nitrogen and oxygen atoms in total. The lowest BCUT2D eigenvalue weighted by Gasteiger charge is -2.33. The Morgan fingerprint density at radius 3 is 2.70 bits per heavy atom. The van der Waals surface area contributed by atoms with E-state index in [0.29, 0.717) is 15.7 Å². The maximum absolute atomic E-state index is 14.4. The van der Waals surface area contributed by atoms with Gasteiger partial charge in [0.2, 0.25) is 16.0 Å². The molecule has 12 heteroatoms. The van der Waals surface area contributed by atoms with Crippen LogP contribution in [0.1, 0.15) is 12.1 Å². The SMILES string of the molecule is CNc1nc(C)c(-c2nc(N[C@@H]3CCN(S(C)(=O)=O)C[C@H]3F)ncc2F)s1. The number of halogens is 2. The number of hydrogen-bond acceptors (Lipinski definition) is 8. The molecule has 0 aliphatic carbocycles. The van der Waals surface area contributed by atoms with Gasteiger partial charge in [0, 0.05) is 20.1 Å². The van der Waals surface area contributed by atoms with Gasteiger partial charge < -0.3 is 10.6 Å². The van der Waals surface area contributed by atoms with Crippen molar-refractivity contribution < 1.29 is 17.2 Å². The van der Waals surface area contributed by atoms with Crippen LogP contribution in [0.4, 0.5) is 19.9 Å². The Balaban J connectivity index is 1.80. The second kappa shape index (κ2) is 7.60. The van der Waals surface area contributed by atoms with Crippen molar-refractivity contribution in [2.45, 2.75) is 25.6 Å². The molecule has 0 spiro atoms. The molecule has 0 aromatic carbocycles. The van der Waals surface area contributed by atoms with Gasteiger partial charge in [-0.15, -0.1) is 0 Å². The predicted molar refractivity (Wildman–Crippen MR) is 101 cm³/mol. The minimum Gasteiger partial charge on any atom is -0.365 e. The van der Waals surface area contributed by atoms with E-state index in [9.17, 15) is 17.2 Å². The summed E-state index contributed by atoms with van der Waals surface area (Å²) in [5.74, 6) is -0.510. The standard InChI is InChI=1S/C15H20F2N6O2S2/c1-8-13(26-15(18-2)20-8)12-9(16)6-19-14(22-12)21-11-4-5-23(7-10(11)17)27(3,24)25/h6,10-11H,4-5,7H2,1-3H3,(H,18,20)(H,19,21,22)/t10-,11-/m1/s1. The summed E-state index contributed by atoms with van der Waals surface area (Å²) in [5, 5.41) is 6.40. The molecular weight excluding hydrogens is 398 g/mol. The van der Waals surface area contributed by atoms with E-state index in [1.807, 2.05) is 0 Å². The molecule has 1 saturated heterocycles. The largest absolute Gasteiger partial charge is 0.365 e. The molecule has 0 bridgehead atoms. The Hall–Kier alpha value is -1.92. The Morgan fingerprint density at radius 1 is 1.37 bits per heavy atom. The highest BCUT2D eigenvalue weighted by Gasteiger charge is 2.33. The van der Waals surface area contributed by atoms with Gasteiger partial charge in [0.1, 0.15) is 11.9 Å². The molecule has 2 aromatic rings. The summed E-state index contributed by atoms with van der Waals surface area (Å²) in [4.78, 5) is 12.9. The molecule has 3 heterocycles. The fraction of sp³-hybridized carbons (Fsp3) is 0.533. The summed E-state index contributed by atoms with van der Waals surface area (Å²) in [5.41, 5.74) is 0.714. The number of piperidine rings is 1. The Kier molecular flexibility index (Phi) is 5.58. The van der Waals surface area contributed by atoms with E-state index in [1.165, 1.54) is 11.3 Å². The van der Waals surface area contributed by atoms with Crippen molar-refractivity contribution >= 4 is 32.4 Å². The average molecular weight is 418 g/mol. The van der Waals surface area contributed by atoms with Crippen LogP contribution < -0.4 is 10.6 Å². The van der Waals surface area contributed by atoms with Crippen LogP contribution in [0.15, 0.2) is 6.20 Å². The smallest absolute Gasteiger partial charge is 0.223 e. The third-order valence-corrected chi connectivity index (χ3v) is 6.71. The summed E-state index contributed by atoms with van der Waals surface area (Å²) in [6, 6.07) is -0.656. The fourth-order valence-electron chi connectivity index (χ4n) is 2.83. The number of aryl methyl sites for hydroxylation is 1. The van der Waals surface area contributed by atoms with Crippen LogP contribution in [0, 0.1) is 12.7 Å². The summed E-state index contributed by atoms with van der Waals surface area (Å²) >= 11 is 1.26. The molecule has 1 fully saturated rings. The molecular formula is C15H20F2N6O2S2. The second-order valence-electron chi connectivity index (χ2n) is 6.25. The minimum atomic E-state index is -3.44. The van der Waals surface area contributed by atoms with Crippen LogP contribution in [0.3, 0.4) is 0 Å². The Bertz CT molecular complexity index is 936. The van der Waals surface area contributed by atoms with E-state index in [1.54, 1.807) is 14.0 Å². The maximum Gasteiger partial charge on any atom is 0.223 e. The first-order chi connectivity index (χ1) is 12.7. The number of anilines is 2. The third-order valence-electron chi connectivity index (χ3n) is 4.26. The normalized spacial score (nSPS) is 21.2. The van der Waals surface area contributed by atoms with Crippen LogP contribution in [0.2, 0.25) is 0 Å². The zero-order valence-electron chi connectivity index (χ0n) is 15.0. The van der Waals surface area contributed by atoms with Crippen molar-refractivity contribution in [1.29, 1.82) is 0 Å². The number of hydrogen-bond donors (Lipinski definition) is 2. The lowest BCUT2D eigenvalue weighted by atomic mass is 10.1. The van der Waals surface area contributed by atoms with Gasteiger partial charge in [-0.05, 0) is 13.3 Å². The molecule has 27 heavy (non-hydrogen) atoms. The summed E-state index contributed by atoms with van der Waals surface area (Å²) in [7, 11) is -1.72. The van der Waals surface area contributed by atoms with Crippen molar-refractivity contribution in [1.82, 2.24) is 19.3 Å². The van der Waals surface area contributed by atoms with Gasteiger partial charge in [0.05, 0.1) is 29.1 Å². The predicted octanol–water partition coefficient (Wildman–Crippen LogP) is 1.87. The zero-order chi connectivity index (χ0) is 19.8. The molecule has 0 unspecified atom stereocenters. The van der Waals surface area contributed by atoms with Gasteiger partial charge in [-0.3, -0.25) is 0 Å². The molecule has 2 N–H and O–H groups in total. The first kappa shape index (κ1) is 19.8. The van der Waals surface area contributed by atoms with Crippen molar-refractivity contribution in [3.8, 4) is 10.6 Å². The highest BCUT2D eigenvalue weighted by atomic mass is 32.2. The van der Waals surface area contributed by atoms with Crippen LogP contribution >= 0.6 is 11.3 Å². The highest BCUT2D eigenvalue weighted by molar-refractivity contribution is 7.88. The summed E-state index contributed by atoms with van der Waals surface area (Å²) in [6.07, 6.45) is 0.918. The van der Waals surface area contributed by atoms with Gasteiger partial charge in [-0.2, -0.15) is 4.31 Å². The van der Waals surface area contributed by atoms with Crippen molar-refractivity contribution in [3.63, 3.8) is 0 Å². The zero-order valence-corrected chi connectivity index (χ0v) is 16.7. The summed E-state index contributed by atoms with van der Waals surface area (Å²) < 4.78 is 52.9. The Labute approximate surface area is 160 Å². The third kappa shape index (κ3) is 4.33. The molecule has 1 aliphatic heterocycles. The van der Waals surface area contributed by atoms with Gasteiger partial charge in [0.25, 0.3) is 0 Å². The molecule has 148 valence electrons. The molecule has 3 rings (SSSR count). The van der Waals surface area contributed by atoms with E-state index in [0.717, 1.165) is 16.8 Å². The topological polar surface area (TPSA) is 100 Å². The van der Waals surface area contributed by atoms with Crippen LogP contribution in [-0.4, -0.2) is 66.3 Å². The molecule has 0 saturated carbocycles. The highest BCUT2D eigenvalue weighted by Crippen LogP contribution is 2.33. The molecule has 2 atom stereocenters. The average Bonchev–Trinajstić information content (AvgIpc) is 2.98. The lowest BCUT2D eigenvalue weighted by Crippen LogP contribution is -2.49. The monoisotopic (exact) mass is 418 g/mol. The van der Waals surface area contributed by atoms with Crippen LogP contribution in [0.5, 0.6) is 0 Å². The fourth-order valence-corrected chi connectivity index (χ4v) is 4.59.